The molecular weight excluding hydrogens is 478 g/mol. The van der Waals surface area contributed by atoms with E-state index in [-0.39, 0.29) is 11.5 Å². The first-order valence-corrected chi connectivity index (χ1v) is 15.4. The van der Waals surface area contributed by atoms with E-state index in [1.54, 1.807) is 7.11 Å². The molecule has 37 heavy (non-hydrogen) atoms. The van der Waals surface area contributed by atoms with E-state index < -0.39 is 0 Å². The Morgan fingerprint density at radius 2 is 1.78 bits per heavy atom. The highest BCUT2D eigenvalue weighted by atomic mass is 32.2. The monoisotopic (exact) mass is 521 g/mol. The number of fused-ring (bicyclic) bond motifs is 5. The van der Waals surface area contributed by atoms with Gasteiger partial charge in [-0.2, -0.15) is 0 Å². The Kier molecular flexibility index (Phi) is 7.48. The van der Waals surface area contributed by atoms with Crippen LogP contribution in [0.1, 0.15) is 68.9 Å². The molecule has 3 fully saturated rings. The maximum atomic E-state index is 11.0. The van der Waals surface area contributed by atoms with Crippen molar-refractivity contribution in [1.29, 1.82) is 0 Å². The van der Waals surface area contributed by atoms with Crippen molar-refractivity contribution in [3.8, 4) is 11.5 Å². The second-order valence-corrected chi connectivity index (χ2v) is 13.4. The Hall–Kier alpha value is -1.69. The summed E-state index contributed by atoms with van der Waals surface area (Å²) in [5.41, 5.74) is 3.05. The summed E-state index contributed by atoms with van der Waals surface area (Å²) >= 11 is 2.05. The van der Waals surface area contributed by atoms with Crippen molar-refractivity contribution in [3.05, 3.63) is 53.6 Å². The first-order valence-electron chi connectivity index (χ1n) is 14.5. The fourth-order valence-electron chi connectivity index (χ4n) is 8.03. The standard InChI is InChI=1S/C32H43NO3S/c1-32-15-14-27-26-11-8-24(35-2)20-22(26)21-29(31(27)28(32)12-13-30(32)34)37-25-9-6-23(7-10-25)36-19-18-33-16-4-3-5-17-33/h6-11,20,27-31,34H,3-5,12-19,21H2,1-2H3/t27-,28+,29-,30+,31-,32+/m1/s1. The van der Waals surface area contributed by atoms with Gasteiger partial charge in [-0.15, -0.1) is 11.8 Å². The molecule has 4 aliphatic rings. The second kappa shape index (κ2) is 10.8. The van der Waals surface area contributed by atoms with Crippen LogP contribution in [-0.2, 0) is 6.42 Å². The molecule has 1 aliphatic heterocycles. The highest BCUT2D eigenvalue weighted by Crippen LogP contribution is 2.62. The molecule has 5 heteroatoms. The lowest BCUT2D eigenvalue weighted by Gasteiger charge is -2.52. The third kappa shape index (κ3) is 5.04. The molecule has 0 unspecified atom stereocenters. The molecule has 6 rings (SSSR count). The molecule has 1 saturated heterocycles. The van der Waals surface area contributed by atoms with Crippen molar-refractivity contribution in [1.82, 2.24) is 4.90 Å². The fraction of sp³-hybridized carbons (Fsp3) is 0.625. The molecular formula is C32H43NO3S. The zero-order valence-corrected chi connectivity index (χ0v) is 23.3. The number of benzene rings is 2. The van der Waals surface area contributed by atoms with Crippen molar-refractivity contribution < 1.29 is 14.6 Å². The Labute approximate surface area is 227 Å². The third-order valence-electron chi connectivity index (χ3n) is 10.1. The van der Waals surface area contributed by atoms with Crippen LogP contribution in [-0.4, -0.2) is 54.7 Å². The number of likely N-dealkylation sites (tertiary alicyclic amines) is 1. The predicted molar refractivity (Wildman–Crippen MR) is 151 cm³/mol. The summed E-state index contributed by atoms with van der Waals surface area (Å²) in [6.07, 6.45) is 9.36. The number of aliphatic hydroxyl groups is 1. The van der Waals surface area contributed by atoms with Gasteiger partial charge >= 0.3 is 0 Å². The molecule has 6 atom stereocenters. The minimum Gasteiger partial charge on any atom is -0.497 e. The minimum atomic E-state index is -0.150. The molecule has 1 N–H and O–H groups in total. The molecule has 0 radical (unpaired) electrons. The van der Waals surface area contributed by atoms with E-state index in [9.17, 15) is 5.11 Å². The largest absolute Gasteiger partial charge is 0.497 e. The van der Waals surface area contributed by atoms with Crippen LogP contribution >= 0.6 is 11.8 Å². The summed E-state index contributed by atoms with van der Waals surface area (Å²) in [5, 5.41) is 11.5. The second-order valence-electron chi connectivity index (χ2n) is 12.1. The maximum absolute atomic E-state index is 11.0. The van der Waals surface area contributed by atoms with Gasteiger partial charge in [0.2, 0.25) is 0 Å². The minimum absolute atomic E-state index is 0.0655. The van der Waals surface area contributed by atoms with Gasteiger partial charge in [0.25, 0.3) is 0 Å². The van der Waals surface area contributed by atoms with E-state index in [1.807, 2.05) is 11.8 Å². The molecule has 200 valence electrons. The number of hydrogen-bond acceptors (Lipinski definition) is 5. The van der Waals surface area contributed by atoms with Crippen LogP contribution in [0.15, 0.2) is 47.4 Å². The SMILES string of the molecule is COc1ccc2c(c1)C[C@@H](Sc1ccc(OCCN3CCCCC3)cc1)[C@@H]1[C@@H]2CC[C@]2(C)[C@@H](O)CC[C@@H]12. The van der Waals surface area contributed by atoms with Crippen molar-refractivity contribution >= 4 is 11.8 Å². The highest BCUT2D eigenvalue weighted by molar-refractivity contribution is 8.00. The number of thioether (sulfide) groups is 1. The van der Waals surface area contributed by atoms with Crippen LogP contribution in [0.25, 0.3) is 0 Å². The van der Waals surface area contributed by atoms with Crippen LogP contribution in [0.4, 0.5) is 0 Å². The van der Waals surface area contributed by atoms with E-state index >= 15 is 0 Å². The number of piperidine rings is 1. The molecule has 0 spiro atoms. The molecule has 4 nitrogen and oxygen atoms in total. The van der Waals surface area contributed by atoms with E-state index in [1.165, 1.54) is 54.8 Å². The molecule has 0 bridgehead atoms. The van der Waals surface area contributed by atoms with Gasteiger partial charge in [0.15, 0.2) is 0 Å². The average molecular weight is 522 g/mol. The zero-order valence-electron chi connectivity index (χ0n) is 22.5. The Morgan fingerprint density at radius 3 is 2.57 bits per heavy atom. The van der Waals surface area contributed by atoms with E-state index in [0.717, 1.165) is 50.3 Å². The summed E-state index contributed by atoms with van der Waals surface area (Å²) in [6.45, 7) is 6.59. The average Bonchev–Trinajstić information content (AvgIpc) is 3.24. The van der Waals surface area contributed by atoms with Gasteiger partial charge in [0, 0.05) is 16.7 Å². The summed E-state index contributed by atoms with van der Waals surface area (Å²) in [7, 11) is 1.77. The summed E-state index contributed by atoms with van der Waals surface area (Å²) in [4.78, 5) is 3.85. The lowest BCUT2D eigenvalue weighted by atomic mass is 9.55. The maximum Gasteiger partial charge on any atom is 0.119 e. The van der Waals surface area contributed by atoms with E-state index in [0.29, 0.717) is 23.0 Å². The van der Waals surface area contributed by atoms with Crippen molar-refractivity contribution in [2.24, 2.45) is 17.3 Å². The number of methoxy groups -OCH3 is 1. The van der Waals surface area contributed by atoms with Gasteiger partial charge in [-0.25, -0.2) is 0 Å². The van der Waals surface area contributed by atoms with Gasteiger partial charge in [-0.05, 0) is 129 Å². The summed E-state index contributed by atoms with van der Waals surface area (Å²) < 4.78 is 11.7. The van der Waals surface area contributed by atoms with Crippen LogP contribution < -0.4 is 9.47 Å². The molecule has 3 aliphatic carbocycles. The molecule has 2 saturated carbocycles. The van der Waals surface area contributed by atoms with Gasteiger partial charge in [0.05, 0.1) is 13.2 Å². The number of ether oxygens (including phenoxy) is 2. The first-order chi connectivity index (χ1) is 18.0. The Morgan fingerprint density at radius 1 is 1.00 bits per heavy atom. The Balaban J connectivity index is 1.18. The highest BCUT2D eigenvalue weighted by Gasteiger charge is 2.56. The van der Waals surface area contributed by atoms with Crippen LogP contribution in [0, 0.1) is 17.3 Å². The quantitative estimate of drug-likeness (QED) is 0.448. The summed E-state index contributed by atoms with van der Waals surface area (Å²) in [6, 6.07) is 15.6. The first kappa shape index (κ1) is 25.6. The molecule has 0 amide bonds. The molecule has 2 aromatic carbocycles. The van der Waals surface area contributed by atoms with Crippen LogP contribution in [0.2, 0.25) is 0 Å². The summed E-state index contributed by atoms with van der Waals surface area (Å²) in [5.74, 6) is 3.70. The molecule has 2 aromatic rings. The molecule has 0 aromatic heterocycles. The van der Waals surface area contributed by atoms with E-state index in [2.05, 4.69) is 54.3 Å². The van der Waals surface area contributed by atoms with Crippen molar-refractivity contribution in [2.45, 2.75) is 80.5 Å². The lowest BCUT2D eigenvalue weighted by molar-refractivity contribution is -0.0209. The molecule has 1 heterocycles. The number of hydrogen-bond donors (Lipinski definition) is 1. The normalized spacial score (nSPS) is 33.3. The van der Waals surface area contributed by atoms with Gasteiger partial charge < -0.3 is 14.6 Å². The van der Waals surface area contributed by atoms with Crippen LogP contribution in [0.5, 0.6) is 11.5 Å². The van der Waals surface area contributed by atoms with Crippen molar-refractivity contribution in [3.63, 3.8) is 0 Å². The number of aliphatic hydroxyl groups excluding tert-OH is 1. The lowest BCUT2D eigenvalue weighted by Crippen LogP contribution is -2.48. The Bertz CT molecular complexity index is 1070. The van der Waals surface area contributed by atoms with Crippen molar-refractivity contribution in [2.75, 3.05) is 33.4 Å². The zero-order chi connectivity index (χ0) is 25.4. The van der Waals surface area contributed by atoms with Crippen LogP contribution in [0.3, 0.4) is 0 Å². The predicted octanol–water partition coefficient (Wildman–Crippen LogP) is 6.55. The number of rotatable bonds is 7. The van der Waals surface area contributed by atoms with Gasteiger partial charge in [0.1, 0.15) is 18.1 Å². The van der Waals surface area contributed by atoms with Gasteiger partial charge in [-0.1, -0.05) is 19.4 Å². The topological polar surface area (TPSA) is 41.9 Å². The van der Waals surface area contributed by atoms with E-state index in [4.69, 9.17) is 9.47 Å². The van der Waals surface area contributed by atoms with Gasteiger partial charge in [-0.3, -0.25) is 4.90 Å². The smallest absolute Gasteiger partial charge is 0.119 e. The third-order valence-corrected chi connectivity index (χ3v) is 11.4. The number of nitrogens with zero attached hydrogens (tertiary/aromatic N) is 1. The fourth-order valence-corrected chi connectivity index (χ4v) is 9.48.